The first-order valence-corrected chi connectivity index (χ1v) is 6.27. The molecule has 1 N–H and O–H groups in total. The molecule has 3 nitrogen and oxygen atoms in total. The third kappa shape index (κ3) is 3.45. The molecule has 2 unspecified atom stereocenters. The highest BCUT2D eigenvalue weighted by Gasteiger charge is 2.19. The van der Waals surface area contributed by atoms with E-state index in [0.29, 0.717) is 6.04 Å². The van der Waals surface area contributed by atoms with E-state index in [9.17, 15) is 0 Å². The van der Waals surface area contributed by atoms with Crippen molar-refractivity contribution in [2.45, 2.75) is 39.0 Å². The van der Waals surface area contributed by atoms with E-state index in [0.717, 1.165) is 18.9 Å². The molecule has 0 bridgehead atoms. The molecule has 0 radical (unpaired) electrons. The van der Waals surface area contributed by atoms with Crippen LogP contribution in [0.3, 0.4) is 0 Å². The van der Waals surface area contributed by atoms with Crippen LogP contribution in [0.2, 0.25) is 0 Å². The minimum atomic E-state index is 0.166. The van der Waals surface area contributed by atoms with Crippen LogP contribution >= 0.6 is 0 Å². The van der Waals surface area contributed by atoms with Gasteiger partial charge in [0.05, 0.1) is 18.8 Å². The van der Waals surface area contributed by atoms with Gasteiger partial charge >= 0.3 is 0 Å². The molecule has 0 aromatic heterocycles. The van der Waals surface area contributed by atoms with Crippen molar-refractivity contribution in [3.05, 3.63) is 29.8 Å². The smallest absolute Gasteiger partial charge is 0.119 e. The molecule has 0 aliphatic carbocycles. The van der Waals surface area contributed by atoms with E-state index < -0.39 is 0 Å². The lowest BCUT2D eigenvalue weighted by Gasteiger charge is -2.28. The molecule has 1 saturated heterocycles. The minimum absolute atomic E-state index is 0.166. The van der Waals surface area contributed by atoms with E-state index in [1.54, 1.807) is 0 Å². The second kappa shape index (κ2) is 5.52. The lowest BCUT2D eigenvalue weighted by atomic mass is 10.1. The van der Waals surface area contributed by atoms with Crippen molar-refractivity contribution in [1.82, 2.24) is 5.32 Å². The van der Waals surface area contributed by atoms with Gasteiger partial charge in [0.25, 0.3) is 0 Å². The Morgan fingerprint density at radius 3 is 2.53 bits per heavy atom. The molecular formula is C14H21NO2. The van der Waals surface area contributed by atoms with Crippen LogP contribution in [0.5, 0.6) is 5.75 Å². The van der Waals surface area contributed by atoms with Gasteiger partial charge in [-0.25, -0.2) is 0 Å². The normalized spacial score (nSPS) is 24.9. The van der Waals surface area contributed by atoms with Crippen molar-refractivity contribution in [3.8, 4) is 5.75 Å². The van der Waals surface area contributed by atoms with Crippen LogP contribution in [-0.2, 0) is 4.74 Å². The predicted molar refractivity (Wildman–Crippen MR) is 68.4 cm³/mol. The molecule has 1 fully saturated rings. The molecule has 2 atom stereocenters. The van der Waals surface area contributed by atoms with Gasteiger partial charge in [0.1, 0.15) is 5.75 Å². The summed E-state index contributed by atoms with van der Waals surface area (Å²) in [4.78, 5) is 0. The van der Waals surface area contributed by atoms with Crippen molar-refractivity contribution in [2.24, 2.45) is 0 Å². The Morgan fingerprint density at radius 2 is 2.00 bits per heavy atom. The quantitative estimate of drug-likeness (QED) is 0.873. The lowest BCUT2D eigenvalue weighted by molar-refractivity contribution is 0.00692. The average molecular weight is 235 g/mol. The average Bonchev–Trinajstić information content (AvgIpc) is 2.30. The van der Waals surface area contributed by atoms with Crippen LogP contribution in [0.4, 0.5) is 0 Å². The van der Waals surface area contributed by atoms with Crippen LogP contribution in [-0.4, -0.2) is 25.3 Å². The number of ether oxygens (including phenoxy) is 2. The van der Waals surface area contributed by atoms with Crippen LogP contribution < -0.4 is 10.1 Å². The number of rotatable bonds is 3. The first-order valence-electron chi connectivity index (χ1n) is 6.27. The molecule has 17 heavy (non-hydrogen) atoms. The zero-order chi connectivity index (χ0) is 12.3. The number of nitrogens with one attached hydrogen (secondary N) is 1. The molecule has 94 valence electrons. The molecule has 0 saturated carbocycles. The molecule has 1 heterocycles. The van der Waals surface area contributed by atoms with E-state index in [1.165, 1.54) is 5.56 Å². The van der Waals surface area contributed by atoms with Crippen LogP contribution in [0, 0.1) is 0 Å². The third-order valence-corrected chi connectivity index (χ3v) is 2.82. The highest BCUT2D eigenvalue weighted by atomic mass is 16.5. The van der Waals surface area contributed by atoms with E-state index in [4.69, 9.17) is 9.47 Å². The molecule has 1 aromatic carbocycles. The molecule has 0 spiro atoms. The minimum Gasteiger partial charge on any atom is -0.491 e. The molecule has 3 heteroatoms. The molecule has 1 aliphatic rings. The first-order chi connectivity index (χ1) is 8.15. The van der Waals surface area contributed by atoms with Gasteiger partial charge in [0, 0.05) is 12.6 Å². The van der Waals surface area contributed by atoms with Gasteiger partial charge < -0.3 is 14.8 Å². The lowest BCUT2D eigenvalue weighted by Crippen LogP contribution is -2.40. The largest absolute Gasteiger partial charge is 0.491 e. The van der Waals surface area contributed by atoms with E-state index in [2.05, 4.69) is 24.4 Å². The Labute approximate surface area is 103 Å². The summed E-state index contributed by atoms with van der Waals surface area (Å²) < 4.78 is 11.4. The Morgan fingerprint density at radius 1 is 1.29 bits per heavy atom. The number of hydrogen-bond acceptors (Lipinski definition) is 3. The predicted octanol–water partition coefficient (Wildman–Crippen LogP) is 2.52. The van der Waals surface area contributed by atoms with Gasteiger partial charge in [-0.3, -0.25) is 0 Å². The van der Waals surface area contributed by atoms with Gasteiger partial charge in [-0.2, -0.15) is 0 Å². The number of hydrogen-bond donors (Lipinski definition) is 1. The standard InChI is InChI=1S/C14H21NO2/c1-10(2)17-13-6-4-12(5-7-13)14-8-15-11(3)9-16-14/h4-7,10-11,14-15H,8-9H2,1-3H3. The second-order valence-corrected chi connectivity index (χ2v) is 4.87. The fourth-order valence-electron chi connectivity index (χ4n) is 1.93. The molecular weight excluding hydrogens is 214 g/mol. The van der Waals surface area contributed by atoms with E-state index in [1.807, 2.05) is 26.0 Å². The number of morpholine rings is 1. The summed E-state index contributed by atoms with van der Waals surface area (Å²) in [6.45, 7) is 7.85. The summed E-state index contributed by atoms with van der Waals surface area (Å²) in [6, 6.07) is 8.64. The van der Waals surface area contributed by atoms with Crippen molar-refractivity contribution in [1.29, 1.82) is 0 Å². The van der Waals surface area contributed by atoms with Crippen LogP contribution in [0.1, 0.15) is 32.4 Å². The summed E-state index contributed by atoms with van der Waals surface area (Å²) in [5, 5.41) is 3.42. The summed E-state index contributed by atoms with van der Waals surface area (Å²) >= 11 is 0. The first kappa shape index (κ1) is 12.4. The van der Waals surface area contributed by atoms with E-state index >= 15 is 0 Å². The molecule has 1 aromatic rings. The summed E-state index contributed by atoms with van der Waals surface area (Å²) in [6.07, 6.45) is 0.383. The topological polar surface area (TPSA) is 30.5 Å². The second-order valence-electron chi connectivity index (χ2n) is 4.87. The van der Waals surface area contributed by atoms with Gasteiger partial charge in [0.2, 0.25) is 0 Å². The Bertz CT molecular complexity index is 340. The summed E-state index contributed by atoms with van der Waals surface area (Å²) in [5.74, 6) is 0.917. The van der Waals surface area contributed by atoms with E-state index in [-0.39, 0.29) is 12.2 Å². The van der Waals surface area contributed by atoms with Gasteiger partial charge in [-0.15, -0.1) is 0 Å². The summed E-state index contributed by atoms with van der Waals surface area (Å²) in [7, 11) is 0. The molecule has 2 rings (SSSR count). The number of benzene rings is 1. The maximum absolute atomic E-state index is 5.79. The summed E-state index contributed by atoms with van der Waals surface area (Å²) in [5.41, 5.74) is 1.21. The zero-order valence-corrected chi connectivity index (χ0v) is 10.8. The fourth-order valence-corrected chi connectivity index (χ4v) is 1.93. The Balaban J connectivity index is 1.97. The third-order valence-electron chi connectivity index (χ3n) is 2.82. The van der Waals surface area contributed by atoms with Gasteiger partial charge in [-0.05, 0) is 38.5 Å². The van der Waals surface area contributed by atoms with Gasteiger partial charge in [0.15, 0.2) is 0 Å². The molecule has 0 amide bonds. The fraction of sp³-hybridized carbons (Fsp3) is 0.571. The molecule has 1 aliphatic heterocycles. The van der Waals surface area contributed by atoms with Gasteiger partial charge in [-0.1, -0.05) is 12.1 Å². The SMILES string of the molecule is CC1COC(c2ccc(OC(C)C)cc2)CN1. The Hall–Kier alpha value is -1.06. The Kier molecular flexibility index (Phi) is 4.02. The zero-order valence-electron chi connectivity index (χ0n) is 10.8. The highest BCUT2D eigenvalue weighted by Crippen LogP contribution is 2.23. The maximum Gasteiger partial charge on any atom is 0.119 e. The van der Waals surface area contributed by atoms with Crippen molar-refractivity contribution in [3.63, 3.8) is 0 Å². The van der Waals surface area contributed by atoms with Crippen molar-refractivity contribution in [2.75, 3.05) is 13.2 Å². The maximum atomic E-state index is 5.79. The van der Waals surface area contributed by atoms with Crippen molar-refractivity contribution >= 4 is 0 Å². The van der Waals surface area contributed by atoms with Crippen LogP contribution in [0.15, 0.2) is 24.3 Å². The highest BCUT2D eigenvalue weighted by molar-refractivity contribution is 5.29. The monoisotopic (exact) mass is 235 g/mol. The van der Waals surface area contributed by atoms with Crippen LogP contribution in [0.25, 0.3) is 0 Å². The van der Waals surface area contributed by atoms with Crippen molar-refractivity contribution < 1.29 is 9.47 Å².